The number of amides is 1. The van der Waals surface area contributed by atoms with Crippen LogP contribution in [0.25, 0.3) is 11.3 Å². The minimum absolute atomic E-state index is 0.0156. The first-order valence-electron chi connectivity index (χ1n) is 10.7. The van der Waals surface area contributed by atoms with Gasteiger partial charge >= 0.3 is 0 Å². The highest BCUT2D eigenvalue weighted by molar-refractivity contribution is 6.06. The van der Waals surface area contributed by atoms with E-state index in [2.05, 4.69) is 15.3 Å². The lowest BCUT2D eigenvalue weighted by Crippen LogP contribution is -2.34. The Labute approximate surface area is 181 Å². The first-order valence-corrected chi connectivity index (χ1v) is 10.7. The van der Waals surface area contributed by atoms with E-state index in [4.69, 9.17) is 9.47 Å². The fourth-order valence-electron chi connectivity index (χ4n) is 4.16. The maximum absolute atomic E-state index is 13.1. The number of carbonyl (C=O) groups excluding carboxylic acids is 1. The van der Waals surface area contributed by atoms with Gasteiger partial charge in [-0.15, -0.1) is 0 Å². The fourth-order valence-corrected chi connectivity index (χ4v) is 4.16. The summed E-state index contributed by atoms with van der Waals surface area (Å²) in [5, 5.41) is 3.48. The molecule has 7 nitrogen and oxygen atoms in total. The van der Waals surface area contributed by atoms with E-state index in [-0.39, 0.29) is 5.91 Å². The summed E-state index contributed by atoms with van der Waals surface area (Å²) in [6.45, 7) is 2.80. The lowest BCUT2D eigenvalue weighted by atomic mass is 10.0. The van der Waals surface area contributed by atoms with E-state index in [0.717, 1.165) is 54.4 Å². The second-order valence-electron chi connectivity index (χ2n) is 8.11. The van der Waals surface area contributed by atoms with Gasteiger partial charge in [0, 0.05) is 55.7 Å². The first kappa shape index (κ1) is 19.6. The van der Waals surface area contributed by atoms with E-state index in [9.17, 15) is 4.79 Å². The van der Waals surface area contributed by atoms with Crippen molar-refractivity contribution < 1.29 is 14.3 Å². The molecule has 1 aromatic carbocycles. The maximum Gasteiger partial charge on any atom is 0.257 e. The van der Waals surface area contributed by atoms with Crippen molar-refractivity contribution in [3.05, 3.63) is 60.0 Å². The summed E-state index contributed by atoms with van der Waals surface area (Å²) >= 11 is 0. The number of ether oxygens (including phenoxy) is 2. The van der Waals surface area contributed by atoms with E-state index >= 15 is 0 Å². The number of hydrogen-bond donors (Lipinski definition) is 2. The molecule has 31 heavy (non-hydrogen) atoms. The van der Waals surface area contributed by atoms with Crippen molar-refractivity contribution in [1.82, 2.24) is 14.9 Å². The second-order valence-corrected chi connectivity index (χ2v) is 8.11. The third kappa shape index (κ3) is 3.88. The summed E-state index contributed by atoms with van der Waals surface area (Å²) in [6.07, 6.45) is 5.28. The SMILES string of the molecule is CN1CCc2[nH]c(-c3ccncc3OC[C@H]3CCOC3)c(Nc3ccccc3)c2C1=O. The topological polar surface area (TPSA) is 79.5 Å². The molecule has 160 valence electrons. The summed E-state index contributed by atoms with van der Waals surface area (Å²) in [4.78, 5) is 22.6. The van der Waals surface area contributed by atoms with Gasteiger partial charge < -0.3 is 24.7 Å². The molecule has 0 aliphatic carbocycles. The van der Waals surface area contributed by atoms with Gasteiger partial charge in [0.1, 0.15) is 5.75 Å². The summed E-state index contributed by atoms with van der Waals surface area (Å²) in [6, 6.07) is 11.8. The summed E-state index contributed by atoms with van der Waals surface area (Å²) < 4.78 is 11.6. The van der Waals surface area contributed by atoms with Crippen molar-refractivity contribution >= 4 is 17.3 Å². The Hall–Kier alpha value is -3.32. The summed E-state index contributed by atoms with van der Waals surface area (Å²) in [5.74, 6) is 1.11. The Morgan fingerprint density at radius 3 is 2.97 bits per heavy atom. The highest BCUT2D eigenvalue weighted by Gasteiger charge is 2.31. The summed E-state index contributed by atoms with van der Waals surface area (Å²) in [7, 11) is 1.84. The van der Waals surface area contributed by atoms with Gasteiger partial charge in [-0.25, -0.2) is 0 Å². The van der Waals surface area contributed by atoms with Crippen molar-refractivity contribution in [3.63, 3.8) is 0 Å². The number of aromatic nitrogens is 2. The van der Waals surface area contributed by atoms with E-state index in [1.54, 1.807) is 17.3 Å². The Balaban J connectivity index is 1.56. The van der Waals surface area contributed by atoms with E-state index in [0.29, 0.717) is 30.4 Å². The largest absolute Gasteiger partial charge is 0.491 e. The molecule has 2 aliphatic rings. The molecule has 2 N–H and O–H groups in total. The zero-order chi connectivity index (χ0) is 21.2. The molecule has 0 spiro atoms. The number of aromatic amines is 1. The molecule has 5 rings (SSSR count). The van der Waals surface area contributed by atoms with Crippen LogP contribution in [0, 0.1) is 5.92 Å². The number of H-pyrrole nitrogens is 1. The van der Waals surface area contributed by atoms with Gasteiger partial charge in [-0.1, -0.05) is 18.2 Å². The number of fused-ring (bicyclic) bond motifs is 1. The smallest absolute Gasteiger partial charge is 0.257 e. The molecule has 1 amide bonds. The first-order chi connectivity index (χ1) is 15.2. The van der Waals surface area contributed by atoms with Crippen LogP contribution in [0.3, 0.4) is 0 Å². The molecule has 3 aromatic rings. The van der Waals surface area contributed by atoms with Gasteiger partial charge in [-0.05, 0) is 24.6 Å². The number of carbonyl (C=O) groups is 1. The van der Waals surface area contributed by atoms with E-state index in [1.807, 2.05) is 43.4 Å². The normalized spacial score (nSPS) is 18.2. The van der Waals surface area contributed by atoms with Crippen LogP contribution in [0.1, 0.15) is 22.5 Å². The molecule has 1 saturated heterocycles. The zero-order valence-corrected chi connectivity index (χ0v) is 17.6. The van der Waals surface area contributed by atoms with Gasteiger partial charge in [-0.3, -0.25) is 9.78 Å². The van der Waals surface area contributed by atoms with Gasteiger partial charge in [-0.2, -0.15) is 0 Å². The average Bonchev–Trinajstić information content (AvgIpc) is 3.44. The Morgan fingerprint density at radius 2 is 2.16 bits per heavy atom. The van der Waals surface area contributed by atoms with Crippen LogP contribution in [0.4, 0.5) is 11.4 Å². The minimum atomic E-state index is 0.0156. The Bertz CT molecular complexity index is 1070. The van der Waals surface area contributed by atoms with Crippen LogP contribution in [-0.4, -0.2) is 54.2 Å². The van der Waals surface area contributed by atoms with Crippen LogP contribution in [0.2, 0.25) is 0 Å². The fraction of sp³-hybridized carbons (Fsp3) is 0.333. The number of nitrogens with one attached hydrogen (secondary N) is 2. The van der Waals surface area contributed by atoms with Gasteiger partial charge in [0.15, 0.2) is 0 Å². The van der Waals surface area contributed by atoms with Crippen molar-refractivity contribution in [2.24, 2.45) is 5.92 Å². The predicted octanol–water partition coefficient (Wildman–Crippen LogP) is 3.86. The second kappa shape index (κ2) is 8.43. The molecular weight excluding hydrogens is 392 g/mol. The number of rotatable bonds is 6. The standard InChI is InChI=1S/C24H26N4O3/c1-28-11-8-19-21(24(28)29)23(26-17-5-3-2-4-6-17)22(27-19)18-7-10-25-13-20(18)31-15-16-9-12-30-14-16/h2-7,10,13,16,26-27H,8-9,11-12,14-15H2,1H3/t16-/m0/s1. The molecule has 1 fully saturated rings. The number of hydrogen-bond acceptors (Lipinski definition) is 5. The van der Waals surface area contributed by atoms with Gasteiger partial charge in [0.2, 0.25) is 0 Å². The predicted molar refractivity (Wildman–Crippen MR) is 119 cm³/mol. The number of benzene rings is 1. The van der Waals surface area contributed by atoms with Crippen molar-refractivity contribution in [3.8, 4) is 17.0 Å². The van der Waals surface area contributed by atoms with Crippen LogP contribution >= 0.6 is 0 Å². The highest BCUT2D eigenvalue weighted by atomic mass is 16.5. The number of para-hydroxylation sites is 1. The Morgan fingerprint density at radius 1 is 1.29 bits per heavy atom. The van der Waals surface area contributed by atoms with E-state index in [1.165, 1.54) is 0 Å². The number of nitrogens with zero attached hydrogens (tertiary/aromatic N) is 2. The molecule has 0 radical (unpaired) electrons. The third-order valence-corrected chi connectivity index (χ3v) is 5.93. The third-order valence-electron chi connectivity index (χ3n) is 5.93. The van der Waals surface area contributed by atoms with Gasteiger partial charge in [0.05, 0.1) is 36.4 Å². The molecular formula is C24H26N4O3. The van der Waals surface area contributed by atoms with Crippen molar-refractivity contribution in [1.29, 1.82) is 0 Å². The molecule has 0 unspecified atom stereocenters. The van der Waals surface area contributed by atoms with E-state index < -0.39 is 0 Å². The minimum Gasteiger partial charge on any atom is -0.491 e. The quantitative estimate of drug-likeness (QED) is 0.635. The maximum atomic E-state index is 13.1. The van der Waals surface area contributed by atoms with Crippen molar-refractivity contribution in [2.75, 3.05) is 38.7 Å². The van der Waals surface area contributed by atoms with Crippen LogP contribution in [-0.2, 0) is 11.2 Å². The molecule has 2 aromatic heterocycles. The molecule has 7 heteroatoms. The van der Waals surface area contributed by atoms with Gasteiger partial charge in [0.25, 0.3) is 5.91 Å². The Kier molecular flexibility index (Phi) is 5.34. The molecule has 4 heterocycles. The molecule has 2 aliphatic heterocycles. The number of likely N-dealkylation sites (N-methyl/N-ethyl adjacent to an activating group) is 1. The highest BCUT2D eigenvalue weighted by Crippen LogP contribution is 2.41. The van der Waals surface area contributed by atoms with Crippen LogP contribution in [0.15, 0.2) is 48.8 Å². The average molecular weight is 418 g/mol. The summed E-state index contributed by atoms with van der Waals surface area (Å²) in [5.41, 5.74) is 5.07. The number of pyridine rings is 1. The molecule has 0 bridgehead atoms. The number of anilines is 2. The zero-order valence-electron chi connectivity index (χ0n) is 17.6. The van der Waals surface area contributed by atoms with Crippen molar-refractivity contribution in [2.45, 2.75) is 12.8 Å². The van der Waals surface area contributed by atoms with Crippen LogP contribution < -0.4 is 10.1 Å². The monoisotopic (exact) mass is 418 g/mol. The molecule has 0 saturated carbocycles. The lowest BCUT2D eigenvalue weighted by Gasteiger charge is -2.23. The van der Waals surface area contributed by atoms with Crippen LogP contribution in [0.5, 0.6) is 5.75 Å². The molecule has 1 atom stereocenters. The lowest BCUT2D eigenvalue weighted by molar-refractivity contribution is 0.0781.